The third-order valence-corrected chi connectivity index (χ3v) is 4.16. The number of rotatable bonds is 15. The first kappa shape index (κ1) is 19.9. The maximum atomic E-state index is 5.36. The number of unbranched alkanes of at least 4 members (excludes halogenated alkanes) is 6. The van der Waals surface area contributed by atoms with Crippen LogP contribution in [0.15, 0.2) is 0 Å². The van der Waals surface area contributed by atoms with E-state index in [0.29, 0.717) is 12.1 Å². The lowest BCUT2D eigenvalue weighted by atomic mass is 10.0. The standard InChI is InChI=1S/C18H39NO/c1-5-7-8-9-10-11-12-13-18(19-16-6-2)15-14-17(3)20-4/h17-19H,5-16H2,1-4H3. The molecule has 0 bridgehead atoms. The van der Waals surface area contributed by atoms with Crippen LogP contribution < -0.4 is 5.32 Å². The van der Waals surface area contributed by atoms with Gasteiger partial charge in [0.15, 0.2) is 0 Å². The van der Waals surface area contributed by atoms with Crippen molar-refractivity contribution in [1.29, 1.82) is 0 Å². The number of ether oxygens (including phenoxy) is 1. The Hall–Kier alpha value is -0.0800. The predicted octanol–water partition coefficient (Wildman–Crippen LogP) is 5.31. The molecule has 0 aliphatic carbocycles. The Kier molecular flexibility index (Phi) is 15.3. The van der Waals surface area contributed by atoms with Crippen LogP contribution in [0.1, 0.15) is 91.4 Å². The molecule has 2 unspecified atom stereocenters. The molecular formula is C18H39NO. The normalized spacial score (nSPS) is 14.4. The second kappa shape index (κ2) is 15.3. The van der Waals surface area contributed by atoms with E-state index in [1.807, 2.05) is 7.11 Å². The molecule has 0 rings (SSSR count). The summed E-state index contributed by atoms with van der Waals surface area (Å²) in [4.78, 5) is 0. The maximum Gasteiger partial charge on any atom is 0.0543 e. The van der Waals surface area contributed by atoms with Gasteiger partial charge in [-0.25, -0.2) is 0 Å². The van der Waals surface area contributed by atoms with Crippen LogP contribution in [0.3, 0.4) is 0 Å². The van der Waals surface area contributed by atoms with E-state index in [9.17, 15) is 0 Å². The van der Waals surface area contributed by atoms with E-state index in [0.717, 1.165) is 6.54 Å². The van der Waals surface area contributed by atoms with Crippen LogP contribution in [0.25, 0.3) is 0 Å². The lowest BCUT2D eigenvalue weighted by Gasteiger charge is -2.20. The molecule has 0 aliphatic heterocycles. The molecule has 0 spiro atoms. The fraction of sp³-hybridized carbons (Fsp3) is 1.00. The Labute approximate surface area is 128 Å². The Balaban J connectivity index is 3.63. The third-order valence-electron chi connectivity index (χ3n) is 4.16. The van der Waals surface area contributed by atoms with Crippen molar-refractivity contribution in [2.24, 2.45) is 0 Å². The Bertz CT molecular complexity index is 184. The van der Waals surface area contributed by atoms with Gasteiger partial charge in [-0.2, -0.15) is 0 Å². The van der Waals surface area contributed by atoms with Crippen molar-refractivity contribution in [3.05, 3.63) is 0 Å². The summed E-state index contributed by atoms with van der Waals surface area (Å²) >= 11 is 0. The van der Waals surface area contributed by atoms with E-state index in [2.05, 4.69) is 26.1 Å². The molecule has 20 heavy (non-hydrogen) atoms. The number of nitrogens with one attached hydrogen (secondary N) is 1. The van der Waals surface area contributed by atoms with E-state index in [1.165, 1.54) is 70.6 Å². The molecule has 122 valence electrons. The first-order valence-electron chi connectivity index (χ1n) is 9.00. The van der Waals surface area contributed by atoms with Gasteiger partial charge in [0.25, 0.3) is 0 Å². The van der Waals surface area contributed by atoms with Crippen LogP contribution in [-0.4, -0.2) is 25.8 Å². The number of hydrogen-bond acceptors (Lipinski definition) is 2. The first-order chi connectivity index (χ1) is 9.74. The smallest absolute Gasteiger partial charge is 0.0543 e. The van der Waals surface area contributed by atoms with Gasteiger partial charge in [-0.3, -0.25) is 0 Å². The minimum Gasteiger partial charge on any atom is -0.382 e. The molecule has 0 heterocycles. The Morgan fingerprint density at radius 1 is 0.800 bits per heavy atom. The van der Waals surface area contributed by atoms with E-state index >= 15 is 0 Å². The fourth-order valence-electron chi connectivity index (χ4n) is 2.60. The van der Waals surface area contributed by atoms with Gasteiger partial charge in [0.05, 0.1) is 6.10 Å². The molecule has 0 aliphatic rings. The quantitative estimate of drug-likeness (QED) is 0.412. The monoisotopic (exact) mass is 285 g/mol. The summed E-state index contributed by atoms with van der Waals surface area (Å²) in [6.07, 6.45) is 15.2. The molecule has 0 aromatic carbocycles. The number of hydrogen-bond donors (Lipinski definition) is 1. The minimum absolute atomic E-state index is 0.398. The van der Waals surface area contributed by atoms with Gasteiger partial charge in [0, 0.05) is 13.2 Å². The van der Waals surface area contributed by atoms with Crippen LogP contribution in [0.5, 0.6) is 0 Å². The van der Waals surface area contributed by atoms with Crippen molar-refractivity contribution < 1.29 is 4.74 Å². The minimum atomic E-state index is 0.398. The van der Waals surface area contributed by atoms with E-state index in [-0.39, 0.29) is 0 Å². The van der Waals surface area contributed by atoms with Crippen molar-refractivity contribution in [3.8, 4) is 0 Å². The molecule has 2 nitrogen and oxygen atoms in total. The van der Waals surface area contributed by atoms with Gasteiger partial charge in [-0.1, -0.05) is 58.8 Å². The Morgan fingerprint density at radius 2 is 1.45 bits per heavy atom. The van der Waals surface area contributed by atoms with Gasteiger partial charge >= 0.3 is 0 Å². The molecular weight excluding hydrogens is 246 g/mol. The van der Waals surface area contributed by atoms with Crippen molar-refractivity contribution in [1.82, 2.24) is 5.32 Å². The molecule has 1 N–H and O–H groups in total. The summed E-state index contributed by atoms with van der Waals surface area (Å²) in [5.41, 5.74) is 0. The van der Waals surface area contributed by atoms with Crippen LogP contribution in [0.2, 0.25) is 0 Å². The van der Waals surface area contributed by atoms with Crippen molar-refractivity contribution in [2.45, 2.75) is 104 Å². The zero-order valence-corrected chi connectivity index (χ0v) is 14.5. The van der Waals surface area contributed by atoms with Gasteiger partial charge in [-0.05, 0) is 39.2 Å². The highest BCUT2D eigenvalue weighted by Crippen LogP contribution is 2.13. The van der Waals surface area contributed by atoms with Gasteiger partial charge in [0.1, 0.15) is 0 Å². The summed E-state index contributed by atoms with van der Waals surface area (Å²) in [5.74, 6) is 0. The molecule has 0 aromatic heterocycles. The highest BCUT2D eigenvalue weighted by atomic mass is 16.5. The molecule has 0 saturated carbocycles. The van der Waals surface area contributed by atoms with Crippen LogP contribution >= 0.6 is 0 Å². The van der Waals surface area contributed by atoms with Crippen molar-refractivity contribution >= 4 is 0 Å². The number of methoxy groups -OCH3 is 1. The predicted molar refractivity (Wildman–Crippen MR) is 90.4 cm³/mol. The highest BCUT2D eigenvalue weighted by Gasteiger charge is 2.09. The van der Waals surface area contributed by atoms with Crippen molar-refractivity contribution in [3.63, 3.8) is 0 Å². The topological polar surface area (TPSA) is 21.3 Å². The zero-order valence-electron chi connectivity index (χ0n) is 14.5. The first-order valence-corrected chi connectivity index (χ1v) is 9.00. The lowest BCUT2D eigenvalue weighted by Crippen LogP contribution is -2.30. The summed E-state index contributed by atoms with van der Waals surface area (Å²) in [5, 5.41) is 3.70. The SMILES string of the molecule is CCCCCCCCCC(CCC(C)OC)NCCC. The molecule has 0 radical (unpaired) electrons. The highest BCUT2D eigenvalue weighted by molar-refractivity contribution is 4.68. The molecule has 2 heteroatoms. The lowest BCUT2D eigenvalue weighted by molar-refractivity contribution is 0.105. The third kappa shape index (κ3) is 12.9. The molecule has 0 aromatic rings. The van der Waals surface area contributed by atoms with Crippen molar-refractivity contribution in [2.75, 3.05) is 13.7 Å². The van der Waals surface area contributed by atoms with Crippen LogP contribution in [0, 0.1) is 0 Å². The van der Waals surface area contributed by atoms with E-state index in [4.69, 9.17) is 4.74 Å². The zero-order chi connectivity index (χ0) is 15.1. The maximum absolute atomic E-state index is 5.36. The second-order valence-corrected chi connectivity index (χ2v) is 6.18. The summed E-state index contributed by atoms with van der Waals surface area (Å²) in [7, 11) is 1.81. The summed E-state index contributed by atoms with van der Waals surface area (Å²) in [6.45, 7) is 7.85. The molecule has 0 saturated heterocycles. The fourth-order valence-corrected chi connectivity index (χ4v) is 2.60. The largest absolute Gasteiger partial charge is 0.382 e. The van der Waals surface area contributed by atoms with Gasteiger partial charge < -0.3 is 10.1 Å². The average molecular weight is 286 g/mol. The van der Waals surface area contributed by atoms with E-state index < -0.39 is 0 Å². The Morgan fingerprint density at radius 3 is 2.05 bits per heavy atom. The average Bonchev–Trinajstić information content (AvgIpc) is 2.47. The van der Waals surface area contributed by atoms with Crippen LogP contribution in [0.4, 0.5) is 0 Å². The van der Waals surface area contributed by atoms with Gasteiger partial charge in [0.2, 0.25) is 0 Å². The molecule has 2 atom stereocenters. The van der Waals surface area contributed by atoms with E-state index in [1.54, 1.807) is 0 Å². The summed E-state index contributed by atoms with van der Waals surface area (Å²) < 4.78 is 5.36. The summed E-state index contributed by atoms with van der Waals surface area (Å²) in [6, 6.07) is 0.697. The molecule has 0 amide bonds. The van der Waals surface area contributed by atoms with Crippen LogP contribution in [-0.2, 0) is 4.74 Å². The second-order valence-electron chi connectivity index (χ2n) is 6.18. The van der Waals surface area contributed by atoms with Gasteiger partial charge in [-0.15, -0.1) is 0 Å². The molecule has 0 fully saturated rings.